The van der Waals surface area contributed by atoms with Gasteiger partial charge in [-0.2, -0.15) is 4.99 Å². The van der Waals surface area contributed by atoms with Gasteiger partial charge in [0, 0.05) is 17.9 Å². The molecule has 0 fully saturated rings. The normalized spacial score (nSPS) is 19.9. The van der Waals surface area contributed by atoms with Crippen LogP contribution in [0.2, 0.25) is 0 Å². The summed E-state index contributed by atoms with van der Waals surface area (Å²) < 4.78 is 4.94. The van der Waals surface area contributed by atoms with Crippen LogP contribution in [0.4, 0.5) is 5.69 Å². The van der Waals surface area contributed by atoms with Crippen LogP contribution in [0, 0.1) is 5.92 Å². The molecule has 1 aromatic carbocycles. The highest BCUT2D eigenvalue weighted by Crippen LogP contribution is 2.47. The minimum absolute atomic E-state index is 0.127. The number of amidine groups is 1. The van der Waals surface area contributed by atoms with Crippen LogP contribution in [0.5, 0.6) is 0 Å². The molecule has 0 aromatic heterocycles. The predicted molar refractivity (Wildman–Crippen MR) is 125 cm³/mol. The number of carbonyl (C=O) groups excluding carboxylic acids is 3. The summed E-state index contributed by atoms with van der Waals surface area (Å²) in [6.07, 6.45) is 4.56. The monoisotopic (exact) mass is 457 g/mol. The van der Waals surface area contributed by atoms with Gasteiger partial charge in [0.2, 0.25) is 5.91 Å². The molecule has 9 heteroatoms. The molecule has 1 aromatic rings. The fourth-order valence-corrected chi connectivity index (χ4v) is 5.89. The van der Waals surface area contributed by atoms with Crippen LogP contribution < -0.4 is 5.32 Å². The summed E-state index contributed by atoms with van der Waals surface area (Å²) in [6.45, 7) is 2.07. The Bertz CT molecular complexity index is 999. The number of aliphatic imine (C=N–C) groups is 2. The van der Waals surface area contributed by atoms with Crippen molar-refractivity contribution < 1.29 is 19.1 Å². The van der Waals surface area contributed by atoms with Crippen molar-refractivity contribution >= 4 is 57.2 Å². The summed E-state index contributed by atoms with van der Waals surface area (Å²) in [5.74, 6) is -0.460. The Hall–Kier alpha value is -2.39. The van der Waals surface area contributed by atoms with Crippen LogP contribution in [0.25, 0.3) is 0 Å². The van der Waals surface area contributed by atoms with Gasteiger partial charge in [0.25, 0.3) is 5.91 Å². The molecule has 1 aliphatic carbocycles. The summed E-state index contributed by atoms with van der Waals surface area (Å²) in [7, 11) is 0. The number of esters is 1. The maximum absolute atomic E-state index is 12.6. The number of nitrogens with zero attached hydrogens (tertiary/aromatic N) is 2. The average Bonchev–Trinajstić information content (AvgIpc) is 3.13. The lowest BCUT2D eigenvalue weighted by Crippen LogP contribution is -2.25. The standard InChI is InChI=1S/C22H23N3O4S2/c1-2-29-21(28)13-7-9-14(10-8-13)23-17(26)11-12-30-22-24-19(27)18-15-5-3-4-6-16(15)31-20(18)25-22/h7-10,18H,2-6,11-12H2,1H3,(H,23,26). The van der Waals surface area contributed by atoms with Gasteiger partial charge in [0.1, 0.15) is 5.92 Å². The fourth-order valence-electron chi connectivity index (χ4n) is 3.70. The molecule has 0 saturated carbocycles. The first-order valence-corrected chi connectivity index (χ1v) is 12.2. The second-order valence-corrected chi connectivity index (χ2v) is 9.49. The molecule has 2 heterocycles. The molecule has 0 bridgehead atoms. The van der Waals surface area contributed by atoms with E-state index in [1.165, 1.54) is 28.7 Å². The lowest BCUT2D eigenvalue weighted by molar-refractivity contribution is -0.119. The average molecular weight is 458 g/mol. The number of allylic oxidation sites excluding steroid dienone is 1. The third kappa shape index (κ3) is 5.10. The number of carbonyl (C=O) groups is 3. The Kier molecular flexibility index (Phi) is 6.92. The SMILES string of the molecule is CCOC(=O)c1ccc(NC(=O)CCSC2=NC(=O)C3C(=N2)SC2=C3CCCC2)cc1. The van der Waals surface area contributed by atoms with Crippen LogP contribution in [0.15, 0.2) is 44.7 Å². The number of anilines is 1. The lowest BCUT2D eigenvalue weighted by Gasteiger charge is -2.18. The number of thioether (sulfide) groups is 2. The van der Waals surface area contributed by atoms with Crippen LogP contribution in [0.3, 0.4) is 0 Å². The van der Waals surface area contributed by atoms with Gasteiger partial charge in [-0.05, 0) is 67.4 Å². The van der Waals surface area contributed by atoms with Crippen LogP contribution >= 0.6 is 23.5 Å². The van der Waals surface area contributed by atoms with Crippen molar-refractivity contribution in [1.29, 1.82) is 0 Å². The lowest BCUT2D eigenvalue weighted by atomic mass is 9.89. The van der Waals surface area contributed by atoms with E-state index in [4.69, 9.17) is 4.74 Å². The number of hydrogen-bond acceptors (Lipinski definition) is 7. The summed E-state index contributed by atoms with van der Waals surface area (Å²) in [5, 5.41) is 4.09. The number of benzene rings is 1. The molecule has 0 radical (unpaired) electrons. The summed E-state index contributed by atoms with van der Waals surface area (Å²) in [4.78, 5) is 46.5. The Morgan fingerprint density at radius 3 is 2.74 bits per heavy atom. The van der Waals surface area contributed by atoms with Gasteiger partial charge in [-0.1, -0.05) is 23.5 Å². The van der Waals surface area contributed by atoms with E-state index in [9.17, 15) is 14.4 Å². The van der Waals surface area contributed by atoms with Crippen molar-refractivity contribution in [3.8, 4) is 0 Å². The highest BCUT2D eigenvalue weighted by Gasteiger charge is 2.40. The molecule has 1 unspecified atom stereocenters. The molecule has 31 heavy (non-hydrogen) atoms. The van der Waals surface area contributed by atoms with E-state index in [1.807, 2.05) is 0 Å². The molecule has 7 nitrogen and oxygen atoms in total. The number of ether oxygens (including phenoxy) is 1. The second-order valence-electron chi connectivity index (χ2n) is 7.32. The van der Waals surface area contributed by atoms with Gasteiger partial charge in [-0.15, -0.1) is 0 Å². The number of nitrogens with one attached hydrogen (secondary N) is 1. The third-order valence-corrected chi connectivity index (χ3v) is 7.28. The van der Waals surface area contributed by atoms with Gasteiger partial charge in [0.05, 0.1) is 17.2 Å². The van der Waals surface area contributed by atoms with Crippen LogP contribution in [-0.4, -0.2) is 40.4 Å². The quantitative estimate of drug-likeness (QED) is 0.636. The molecule has 1 atom stereocenters. The smallest absolute Gasteiger partial charge is 0.338 e. The molecule has 2 aliphatic heterocycles. The van der Waals surface area contributed by atoms with E-state index in [0.717, 1.165) is 24.3 Å². The Balaban J connectivity index is 1.26. The highest BCUT2D eigenvalue weighted by atomic mass is 32.2. The van der Waals surface area contributed by atoms with Gasteiger partial charge < -0.3 is 10.1 Å². The zero-order chi connectivity index (χ0) is 21.8. The van der Waals surface area contributed by atoms with Crippen molar-refractivity contribution in [2.75, 3.05) is 17.7 Å². The Labute approximate surface area is 189 Å². The third-order valence-electron chi connectivity index (χ3n) is 5.18. The second kappa shape index (κ2) is 9.82. The first-order chi connectivity index (χ1) is 15.0. The molecule has 3 aliphatic rings. The summed E-state index contributed by atoms with van der Waals surface area (Å²) in [5.41, 5.74) is 2.27. The van der Waals surface area contributed by atoms with Gasteiger partial charge in [-0.3, -0.25) is 9.59 Å². The van der Waals surface area contributed by atoms with Crippen molar-refractivity contribution in [2.24, 2.45) is 15.9 Å². The van der Waals surface area contributed by atoms with Gasteiger partial charge in [0.15, 0.2) is 5.17 Å². The zero-order valence-electron chi connectivity index (χ0n) is 17.2. The van der Waals surface area contributed by atoms with E-state index >= 15 is 0 Å². The van der Waals surface area contributed by atoms with Crippen molar-refractivity contribution in [3.63, 3.8) is 0 Å². The maximum Gasteiger partial charge on any atom is 0.338 e. The van der Waals surface area contributed by atoms with E-state index in [-0.39, 0.29) is 30.1 Å². The van der Waals surface area contributed by atoms with Crippen LogP contribution in [0.1, 0.15) is 49.4 Å². The number of rotatable bonds is 6. The summed E-state index contributed by atoms with van der Waals surface area (Å²) >= 11 is 2.96. The molecular formula is C22H23N3O4S2. The van der Waals surface area contributed by atoms with E-state index in [1.54, 1.807) is 43.0 Å². The zero-order valence-corrected chi connectivity index (χ0v) is 18.8. The minimum Gasteiger partial charge on any atom is -0.462 e. The largest absolute Gasteiger partial charge is 0.462 e. The molecular weight excluding hydrogens is 434 g/mol. The topological polar surface area (TPSA) is 97.2 Å². The minimum atomic E-state index is -0.389. The number of hydrogen-bond donors (Lipinski definition) is 1. The van der Waals surface area contributed by atoms with Gasteiger partial charge in [-0.25, -0.2) is 9.79 Å². The van der Waals surface area contributed by atoms with E-state index in [2.05, 4.69) is 15.3 Å². The molecule has 4 rings (SSSR count). The molecule has 0 saturated heterocycles. The summed E-state index contributed by atoms with van der Waals surface area (Å²) in [6, 6.07) is 6.56. The first-order valence-electron chi connectivity index (χ1n) is 10.4. The molecule has 0 spiro atoms. The van der Waals surface area contributed by atoms with Crippen molar-refractivity contribution in [1.82, 2.24) is 0 Å². The first kappa shape index (κ1) is 21.8. The molecule has 1 N–H and O–H groups in total. The predicted octanol–water partition coefficient (Wildman–Crippen LogP) is 4.41. The Morgan fingerprint density at radius 2 is 1.97 bits per heavy atom. The molecule has 2 amide bonds. The highest BCUT2D eigenvalue weighted by molar-refractivity contribution is 8.18. The fraction of sp³-hybridized carbons (Fsp3) is 0.409. The maximum atomic E-state index is 12.6. The van der Waals surface area contributed by atoms with E-state index < -0.39 is 0 Å². The van der Waals surface area contributed by atoms with E-state index in [0.29, 0.717) is 28.8 Å². The van der Waals surface area contributed by atoms with Crippen molar-refractivity contribution in [2.45, 2.75) is 39.0 Å². The molecule has 162 valence electrons. The Morgan fingerprint density at radius 1 is 1.19 bits per heavy atom. The van der Waals surface area contributed by atoms with Crippen LogP contribution in [-0.2, 0) is 14.3 Å². The number of fused-ring (bicyclic) bond motifs is 2. The number of amides is 2. The van der Waals surface area contributed by atoms with Gasteiger partial charge >= 0.3 is 5.97 Å². The van der Waals surface area contributed by atoms with Crippen molar-refractivity contribution in [3.05, 3.63) is 40.3 Å².